The van der Waals surface area contributed by atoms with Crippen molar-refractivity contribution in [3.05, 3.63) is 11.7 Å². The van der Waals surface area contributed by atoms with E-state index in [1.54, 1.807) is 0 Å². The van der Waals surface area contributed by atoms with Gasteiger partial charge in [-0.2, -0.15) is 28.1 Å². The van der Waals surface area contributed by atoms with Gasteiger partial charge in [0.25, 0.3) is 0 Å². The van der Waals surface area contributed by atoms with Crippen molar-refractivity contribution in [2.75, 3.05) is 23.8 Å². The minimum absolute atomic E-state index is 0.0587. The van der Waals surface area contributed by atoms with Crippen molar-refractivity contribution in [2.24, 2.45) is 5.41 Å². The first-order chi connectivity index (χ1) is 13.7. The van der Waals surface area contributed by atoms with Gasteiger partial charge in [0.15, 0.2) is 5.82 Å². The number of allylic oxidation sites excluding steroid dienone is 1. The first-order valence-electron chi connectivity index (χ1n) is 9.66. The SMILES string of the molecule is C[C@@H](Nc1nc(NC2CC3(COC3)C2)nc(C2=C(F)C(O)CCC2)n1)C(F)(F)F. The lowest BCUT2D eigenvalue weighted by molar-refractivity contribution is -0.160. The summed E-state index contributed by atoms with van der Waals surface area (Å²) in [5.74, 6) is -0.995. The predicted molar refractivity (Wildman–Crippen MR) is 96.7 cm³/mol. The van der Waals surface area contributed by atoms with Crippen LogP contribution in [-0.2, 0) is 4.74 Å². The molecule has 1 saturated carbocycles. The molecule has 0 amide bonds. The molecule has 1 aromatic rings. The summed E-state index contributed by atoms with van der Waals surface area (Å²) < 4.78 is 58.5. The first-order valence-corrected chi connectivity index (χ1v) is 9.66. The Labute approximate surface area is 165 Å². The summed E-state index contributed by atoms with van der Waals surface area (Å²) in [6, 6.07) is -1.82. The molecule has 29 heavy (non-hydrogen) atoms. The molecule has 1 unspecified atom stereocenters. The zero-order valence-corrected chi connectivity index (χ0v) is 15.9. The maximum atomic E-state index is 14.4. The van der Waals surface area contributed by atoms with E-state index in [0.717, 1.165) is 19.8 Å². The predicted octanol–water partition coefficient (Wildman–Crippen LogP) is 3.05. The number of anilines is 2. The Kier molecular flexibility index (Phi) is 5.14. The fourth-order valence-electron chi connectivity index (χ4n) is 3.95. The third-order valence-corrected chi connectivity index (χ3v) is 5.74. The van der Waals surface area contributed by atoms with Crippen LogP contribution in [0.2, 0.25) is 0 Å². The van der Waals surface area contributed by atoms with E-state index in [4.69, 9.17) is 4.74 Å². The molecular weight excluding hydrogens is 394 g/mol. The Hall–Kier alpha value is -2.01. The number of ether oxygens (including phenoxy) is 1. The van der Waals surface area contributed by atoms with Gasteiger partial charge < -0.3 is 20.5 Å². The minimum Gasteiger partial charge on any atom is -0.386 e. The third-order valence-electron chi connectivity index (χ3n) is 5.74. The number of aliphatic hydroxyl groups is 1. The van der Waals surface area contributed by atoms with Crippen LogP contribution in [0.4, 0.5) is 29.5 Å². The Balaban J connectivity index is 1.59. The molecule has 7 nitrogen and oxygen atoms in total. The van der Waals surface area contributed by atoms with Gasteiger partial charge in [0.2, 0.25) is 11.9 Å². The van der Waals surface area contributed by atoms with E-state index in [1.165, 1.54) is 0 Å². The van der Waals surface area contributed by atoms with Gasteiger partial charge in [-0.25, -0.2) is 4.39 Å². The van der Waals surface area contributed by atoms with Gasteiger partial charge in [-0.3, -0.25) is 0 Å². The lowest BCUT2D eigenvalue weighted by Gasteiger charge is -2.53. The normalized spacial score (nSPS) is 25.4. The Morgan fingerprint density at radius 2 is 1.86 bits per heavy atom. The van der Waals surface area contributed by atoms with Crippen LogP contribution >= 0.6 is 0 Å². The maximum absolute atomic E-state index is 14.4. The summed E-state index contributed by atoms with van der Waals surface area (Å²) in [5.41, 5.74) is 0.288. The van der Waals surface area contributed by atoms with E-state index in [0.29, 0.717) is 26.1 Å². The van der Waals surface area contributed by atoms with E-state index in [-0.39, 0.29) is 41.2 Å². The maximum Gasteiger partial charge on any atom is 0.408 e. The molecule has 4 rings (SSSR count). The Morgan fingerprint density at radius 1 is 1.17 bits per heavy atom. The molecule has 2 atom stereocenters. The van der Waals surface area contributed by atoms with Crippen molar-refractivity contribution in [1.82, 2.24) is 15.0 Å². The molecule has 0 aromatic carbocycles. The molecule has 0 bridgehead atoms. The highest BCUT2D eigenvalue weighted by molar-refractivity contribution is 5.65. The van der Waals surface area contributed by atoms with Gasteiger partial charge in [-0.1, -0.05) is 0 Å². The molecule has 1 saturated heterocycles. The number of hydrogen-bond acceptors (Lipinski definition) is 7. The van der Waals surface area contributed by atoms with Gasteiger partial charge in [0.1, 0.15) is 18.0 Å². The van der Waals surface area contributed by atoms with Gasteiger partial charge in [0.05, 0.1) is 13.2 Å². The fourth-order valence-corrected chi connectivity index (χ4v) is 3.95. The summed E-state index contributed by atoms with van der Waals surface area (Å²) in [4.78, 5) is 12.3. The van der Waals surface area contributed by atoms with Crippen LogP contribution in [-0.4, -0.2) is 57.6 Å². The highest BCUT2D eigenvalue weighted by atomic mass is 19.4. The van der Waals surface area contributed by atoms with Crippen molar-refractivity contribution in [1.29, 1.82) is 0 Å². The average molecular weight is 417 g/mol. The molecule has 1 aromatic heterocycles. The summed E-state index contributed by atoms with van der Waals surface area (Å²) >= 11 is 0. The van der Waals surface area contributed by atoms with E-state index in [2.05, 4.69) is 25.6 Å². The summed E-state index contributed by atoms with van der Waals surface area (Å²) in [5, 5.41) is 15.1. The molecule has 0 radical (unpaired) electrons. The Morgan fingerprint density at radius 3 is 2.48 bits per heavy atom. The second-order valence-corrected chi connectivity index (χ2v) is 8.19. The van der Waals surface area contributed by atoms with Crippen LogP contribution in [0.1, 0.15) is 44.9 Å². The Bertz CT molecular complexity index is 804. The summed E-state index contributed by atoms with van der Waals surface area (Å²) in [7, 11) is 0. The molecule has 3 N–H and O–H groups in total. The van der Waals surface area contributed by atoms with E-state index < -0.39 is 24.1 Å². The molecular formula is C18H23F4N5O2. The topological polar surface area (TPSA) is 92.2 Å². The van der Waals surface area contributed by atoms with Gasteiger partial charge >= 0.3 is 6.18 Å². The monoisotopic (exact) mass is 417 g/mol. The van der Waals surface area contributed by atoms with Crippen LogP contribution in [0.25, 0.3) is 5.57 Å². The average Bonchev–Trinajstić information content (AvgIpc) is 2.57. The molecule has 160 valence electrons. The highest BCUT2D eigenvalue weighted by Gasteiger charge is 2.50. The van der Waals surface area contributed by atoms with Crippen molar-refractivity contribution in [2.45, 2.75) is 63.4 Å². The highest BCUT2D eigenvalue weighted by Crippen LogP contribution is 2.47. The molecule has 11 heteroatoms. The number of aromatic nitrogens is 3. The molecule has 3 aliphatic rings. The summed E-state index contributed by atoms with van der Waals surface area (Å²) in [6.45, 7) is 2.37. The van der Waals surface area contributed by atoms with Gasteiger partial charge in [0, 0.05) is 17.0 Å². The molecule has 2 heterocycles. The van der Waals surface area contributed by atoms with Crippen molar-refractivity contribution in [3.8, 4) is 0 Å². The lowest BCUT2D eigenvalue weighted by Crippen LogP contribution is -2.56. The smallest absolute Gasteiger partial charge is 0.386 e. The largest absolute Gasteiger partial charge is 0.408 e. The molecule has 1 aliphatic heterocycles. The zero-order chi connectivity index (χ0) is 20.8. The van der Waals surface area contributed by atoms with Crippen LogP contribution in [0, 0.1) is 5.41 Å². The second kappa shape index (κ2) is 7.35. The number of nitrogens with zero attached hydrogens (tertiary/aromatic N) is 3. The van der Waals surface area contributed by atoms with Gasteiger partial charge in [-0.15, -0.1) is 0 Å². The number of nitrogens with one attached hydrogen (secondary N) is 2. The van der Waals surface area contributed by atoms with E-state index in [1.807, 2.05) is 0 Å². The van der Waals surface area contributed by atoms with Crippen molar-refractivity contribution >= 4 is 17.5 Å². The van der Waals surface area contributed by atoms with Crippen LogP contribution < -0.4 is 10.6 Å². The van der Waals surface area contributed by atoms with Crippen LogP contribution in [0.5, 0.6) is 0 Å². The third kappa shape index (κ3) is 4.16. The summed E-state index contributed by atoms with van der Waals surface area (Å²) in [6.07, 6.45) is -2.92. The molecule has 2 fully saturated rings. The number of halogens is 4. The zero-order valence-electron chi connectivity index (χ0n) is 15.9. The number of rotatable bonds is 5. The van der Waals surface area contributed by atoms with Gasteiger partial charge in [-0.05, 0) is 39.0 Å². The quantitative estimate of drug-likeness (QED) is 0.634. The van der Waals surface area contributed by atoms with Crippen molar-refractivity contribution in [3.63, 3.8) is 0 Å². The number of alkyl halides is 3. The first kappa shape index (κ1) is 20.3. The molecule has 2 aliphatic carbocycles. The second-order valence-electron chi connectivity index (χ2n) is 8.19. The van der Waals surface area contributed by atoms with Crippen molar-refractivity contribution < 1.29 is 27.4 Å². The fraction of sp³-hybridized carbons (Fsp3) is 0.722. The van der Waals surface area contributed by atoms with E-state index >= 15 is 0 Å². The van der Waals surface area contributed by atoms with Crippen LogP contribution in [0.15, 0.2) is 5.83 Å². The number of hydrogen-bond donors (Lipinski definition) is 3. The minimum atomic E-state index is -4.49. The van der Waals surface area contributed by atoms with Crippen LogP contribution in [0.3, 0.4) is 0 Å². The van der Waals surface area contributed by atoms with E-state index in [9.17, 15) is 22.7 Å². The standard InChI is InChI=1S/C18H23F4N5O2/c1-9(18(20,21)22)23-15-25-14(11-3-2-4-12(28)13(11)19)26-16(27-15)24-10-5-17(6-10)7-29-8-17/h9-10,12,28H,2-8H2,1H3,(H2,23,24,25,26,27)/t9-,12?/m1/s1. The number of aliphatic hydroxyl groups excluding tert-OH is 1. The lowest BCUT2D eigenvalue weighted by atomic mass is 9.64. The molecule has 1 spiro atoms.